The second-order valence-corrected chi connectivity index (χ2v) is 10.1. The fourth-order valence-corrected chi connectivity index (χ4v) is 4.98. The van der Waals surface area contributed by atoms with Gasteiger partial charge in [-0.2, -0.15) is 10.1 Å². The van der Waals surface area contributed by atoms with Crippen LogP contribution in [0.15, 0.2) is 59.9 Å². The highest BCUT2D eigenvalue weighted by molar-refractivity contribution is 5.83. The van der Waals surface area contributed by atoms with Crippen LogP contribution in [0.25, 0.3) is 27.8 Å². The van der Waals surface area contributed by atoms with E-state index in [1.807, 2.05) is 16.9 Å². The van der Waals surface area contributed by atoms with Gasteiger partial charge in [-0.05, 0) is 60.7 Å². The number of nitrogen functional groups attached to an aromatic ring is 1. The molecule has 4 aromatic heterocycles. The van der Waals surface area contributed by atoms with Crippen molar-refractivity contribution in [3.8, 4) is 17.1 Å². The molecule has 0 aliphatic heterocycles. The van der Waals surface area contributed by atoms with Crippen molar-refractivity contribution in [1.29, 1.82) is 0 Å². The van der Waals surface area contributed by atoms with E-state index in [2.05, 4.69) is 25.4 Å². The number of aliphatic hydroxyl groups is 1. The van der Waals surface area contributed by atoms with Crippen LogP contribution in [0.4, 0.5) is 21.8 Å². The van der Waals surface area contributed by atoms with Crippen molar-refractivity contribution >= 4 is 28.2 Å². The average Bonchev–Trinajstić information content (AvgIpc) is 3.86. The van der Waals surface area contributed by atoms with Gasteiger partial charge in [-0.15, -0.1) is 0 Å². The molecule has 4 heterocycles. The lowest BCUT2D eigenvalue weighted by Crippen LogP contribution is -2.21. The van der Waals surface area contributed by atoms with E-state index in [0.29, 0.717) is 34.2 Å². The molecule has 5 aromatic rings. The fraction of sp³-hybridized carbons (Fsp3) is 0.250. The number of aliphatic hydroxyl groups excluding tert-OH is 1. The van der Waals surface area contributed by atoms with Crippen LogP contribution in [0.1, 0.15) is 48.8 Å². The molecule has 10 nitrogen and oxygen atoms in total. The smallest absolute Gasteiger partial charge is 0.267 e. The molecule has 11 heteroatoms. The van der Waals surface area contributed by atoms with Crippen LogP contribution >= 0.6 is 0 Å². The Kier molecular flexibility index (Phi) is 5.41. The Balaban J connectivity index is 1.29. The summed E-state index contributed by atoms with van der Waals surface area (Å²) in [6.07, 6.45) is 11.0. The van der Waals surface area contributed by atoms with Crippen molar-refractivity contribution in [2.75, 3.05) is 11.1 Å². The van der Waals surface area contributed by atoms with Crippen molar-refractivity contribution in [2.24, 2.45) is 0 Å². The van der Waals surface area contributed by atoms with Crippen LogP contribution in [0, 0.1) is 5.82 Å². The zero-order valence-electron chi connectivity index (χ0n) is 20.9. The summed E-state index contributed by atoms with van der Waals surface area (Å²) in [5.74, 6) is 0.471. The Labute approximate surface area is 222 Å². The zero-order chi connectivity index (χ0) is 26.7. The molecule has 2 saturated carbocycles. The standard InChI is InChI=1S/C28H25FN8O2/c29-22-10-17(15-1-2-15)9-16-6-8-36(27(39)25(16)22)26-21(14-38)20(5-7-31-26)23-11-24(30)35-28(34-23)33-18-12-32-37(13-18)19-3-4-19/h5-13,15,19,38H,1-4,14H2,(H3,30,33,34,35). The second-order valence-electron chi connectivity index (χ2n) is 10.1. The minimum atomic E-state index is -0.556. The van der Waals surface area contributed by atoms with E-state index >= 15 is 4.39 Å². The predicted octanol–water partition coefficient (Wildman–Crippen LogP) is 4.21. The van der Waals surface area contributed by atoms with Gasteiger partial charge in [0.1, 0.15) is 17.5 Å². The van der Waals surface area contributed by atoms with Gasteiger partial charge < -0.3 is 16.2 Å². The normalized spacial score (nSPS) is 15.1. The molecule has 0 amide bonds. The van der Waals surface area contributed by atoms with E-state index in [0.717, 1.165) is 36.9 Å². The van der Waals surface area contributed by atoms with Crippen LogP contribution in [-0.4, -0.2) is 34.4 Å². The first kappa shape index (κ1) is 23.5. The molecule has 4 N–H and O–H groups in total. The Hall–Kier alpha value is -4.64. The third kappa shape index (κ3) is 4.30. The average molecular weight is 525 g/mol. The molecule has 7 rings (SSSR count). The number of nitrogens with one attached hydrogen (secondary N) is 1. The third-order valence-electron chi connectivity index (χ3n) is 7.25. The highest BCUT2D eigenvalue weighted by Crippen LogP contribution is 2.41. The largest absolute Gasteiger partial charge is 0.392 e. The third-order valence-corrected chi connectivity index (χ3v) is 7.25. The molecular formula is C28H25FN8O2. The van der Waals surface area contributed by atoms with E-state index in [9.17, 15) is 9.90 Å². The van der Waals surface area contributed by atoms with Crippen LogP contribution in [0.2, 0.25) is 0 Å². The van der Waals surface area contributed by atoms with Gasteiger partial charge in [0.15, 0.2) is 0 Å². The topological polar surface area (TPSA) is 137 Å². The summed E-state index contributed by atoms with van der Waals surface area (Å²) in [4.78, 5) is 26.7. The van der Waals surface area contributed by atoms with E-state index in [1.165, 1.54) is 16.8 Å². The van der Waals surface area contributed by atoms with Crippen molar-refractivity contribution in [2.45, 2.75) is 44.2 Å². The summed E-state index contributed by atoms with van der Waals surface area (Å²) in [7, 11) is 0. The van der Waals surface area contributed by atoms with E-state index in [1.54, 1.807) is 30.6 Å². The number of aromatic nitrogens is 6. The highest BCUT2D eigenvalue weighted by atomic mass is 19.1. The van der Waals surface area contributed by atoms with Crippen LogP contribution in [0.3, 0.4) is 0 Å². The van der Waals surface area contributed by atoms with Gasteiger partial charge in [0.25, 0.3) is 5.56 Å². The number of halogens is 1. The molecular weight excluding hydrogens is 499 g/mol. The lowest BCUT2D eigenvalue weighted by molar-refractivity contribution is 0.281. The van der Waals surface area contributed by atoms with Crippen molar-refractivity contribution in [1.82, 2.24) is 29.3 Å². The fourth-order valence-electron chi connectivity index (χ4n) is 4.98. The summed E-state index contributed by atoms with van der Waals surface area (Å²) in [5, 5.41) is 18.4. The van der Waals surface area contributed by atoms with E-state index < -0.39 is 18.0 Å². The number of anilines is 3. The Morgan fingerprint density at radius 3 is 2.74 bits per heavy atom. The number of benzene rings is 1. The summed E-state index contributed by atoms with van der Waals surface area (Å²) >= 11 is 0. The summed E-state index contributed by atoms with van der Waals surface area (Å²) in [5.41, 5.74) is 8.50. The second kappa shape index (κ2) is 8.98. The van der Waals surface area contributed by atoms with Gasteiger partial charge in [-0.25, -0.2) is 14.4 Å². The summed E-state index contributed by atoms with van der Waals surface area (Å²) in [6, 6.07) is 8.74. The number of hydrogen-bond donors (Lipinski definition) is 3. The van der Waals surface area contributed by atoms with Crippen molar-refractivity contribution < 1.29 is 9.50 Å². The lowest BCUT2D eigenvalue weighted by Gasteiger charge is -2.15. The van der Waals surface area contributed by atoms with Gasteiger partial charge >= 0.3 is 0 Å². The number of rotatable bonds is 7. The SMILES string of the molecule is Nc1cc(-c2ccnc(-n3ccc4cc(C5CC5)cc(F)c4c3=O)c2CO)nc(Nc2cnn(C3CC3)c2)n1. The molecule has 2 aliphatic rings. The molecule has 0 spiro atoms. The molecule has 0 bridgehead atoms. The lowest BCUT2D eigenvalue weighted by atomic mass is 10.0. The van der Waals surface area contributed by atoms with Crippen LogP contribution in [0.5, 0.6) is 0 Å². The number of hydrogen-bond acceptors (Lipinski definition) is 8. The number of fused-ring (bicyclic) bond motifs is 1. The minimum Gasteiger partial charge on any atom is -0.392 e. The van der Waals surface area contributed by atoms with Crippen LogP contribution < -0.4 is 16.6 Å². The Morgan fingerprint density at radius 2 is 1.97 bits per heavy atom. The molecule has 196 valence electrons. The first-order valence-corrected chi connectivity index (χ1v) is 12.9. The van der Waals surface area contributed by atoms with Crippen LogP contribution in [-0.2, 0) is 6.61 Å². The number of nitrogens with zero attached hydrogens (tertiary/aromatic N) is 6. The van der Waals surface area contributed by atoms with E-state index in [4.69, 9.17) is 5.73 Å². The Bertz CT molecular complexity index is 1810. The summed E-state index contributed by atoms with van der Waals surface area (Å²) < 4.78 is 18.3. The molecule has 2 fully saturated rings. The van der Waals surface area contributed by atoms with E-state index in [-0.39, 0.29) is 23.0 Å². The first-order valence-electron chi connectivity index (χ1n) is 12.9. The van der Waals surface area contributed by atoms with Gasteiger partial charge in [-0.3, -0.25) is 14.0 Å². The monoisotopic (exact) mass is 524 g/mol. The quantitative estimate of drug-likeness (QED) is 0.288. The van der Waals surface area contributed by atoms with Crippen molar-refractivity contribution in [3.63, 3.8) is 0 Å². The predicted molar refractivity (Wildman–Crippen MR) is 144 cm³/mol. The zero-order valence-corrected chi connectivity index (χ0v) is 20.9. The molecule has 2 aliphatic carbocycles. The van der Waals surface area contributed by atoms with Gasteiger partial charge in [0, 0.05) is 35.8 Å². The minimum absolute atomic E-state index is 0.0116. The van der Waals surface area contributed by atoms with Gasteiger partial charge in [0.2, 0.25) is 5.95 Å². The molecule has 1 aromatic carbocycles. The maximum absolute atomic E-state index is 15.1. The number of pyridine rings is 2. The van der Waals surface area contributed by atoms with Gasteiger partial charge in [0.05, 0.1) is 35.6 Å². The summed E-state index contributed by atoms with van der Waals surface area (Å²) in [6.45, 7) is -0.438. The highest BCUT2D eigenvalue weighted by Gasteiger charge is 2.26. The maximum Gasteiger partial charge on any atom is 0.267 e. The van der Waals surface area contributed by atoms with Crippen molar-refractivity contribution in [3.05, 3.63) is 82.4 Å². The van der Waals surface area contributed by atoms with Gasteiger partial charge in [-0.1, -0.05) is 6.07 Å². The number of nitrogens with two attached hydrogens (primary N) is 1. The molecule has 0 atom stereocenters. The Morgan fingerprint density at radius 1 is 1.13 bits per heavy atom. The maximum atomic E-state index is 15.1. The molecule has 0 saturated heterocycles. The molecule has 0 unspecified atom stereocenters. The molecule has 0 radical (unpaired) electrons. The molecule has 39 heavy (non-hydrogen) atoms. The first-order chi connectivity index (χ1) is 19.0.